The monoisotopic (exact) mass is 389 g/mol. The van der Waals surface area contributed by atoms with Gasteiger partial charge in [-0.25, -0.2) is 4.21 Å². The number of rotatable bonds is 4. The maximum Gasteiger partial charge on any atom is 0.418 e. The molecule has 0 saturated carbocycles. The van der Waals surface area contributed by atoms with E-state index in [1.165, 1.54) is 6.20 Å². The van der Waals surface area contributed by atoms with E-state index in [0.29, 0.717) is 18.0 Å². The molecule has 4 nitrogen and oxygen atoms in total. The Kier molecular flexibility index (Phi) is 6.60. The Morgan fingerprint density at radius 1 is 1.38 bits per heavy atom. The lowest BCUT2D eigenvalue weighted by atomic mass is 10.00. The average Bonchev–Trinajstić information content (AvgIpc) is 2.51. The molecule has 0 aromatic carbocycles. The summed E-state index contributed by atoms with van der Waals surface area (Å²) in [6.45, 7) is 9.50. The minimum Gasteiger partial charge on any atom is -0.299 e. The zero-order valence-electron chi connectivity index (χ0n) is 15.6. The van der Waals surface area contributed by atoms with Crippen LogP contribution in [0.25, 0.3) is 0 Å². The largest absolute Gasteiger partial charge is 0.418 e. The molecule has 2 rings (SSSR count). The molecule has 146 valence electrons. The summed E-state index contributed by atoms with van der Waals surface area (Å²) in [4.78, 5) is 6.11. The lowest BCUT2D eigenvalue weighted by Gasteiger charge is -2.30. The number of halogens is 3. The second kappa shape index (κ2) is 8.17. The Balaban J connectivity index is 2.24. The van der Waals surface area contributed by atoms with Gasteiger partial charge in [-0.05, 0) is 57.7 Å². The van der Waals surface area contributed by atoms with Crippen molar-refractivity contribution in [2.24, 2.45) is 10.3 Å². The summed E-state index contributed by atoms with van der Waals surface area (Å²) in [6.07, 6.45) is 0.0997. The lowest BCUT2D eigenvalue weighted by Crippen LogP contribution is -2.33. The highest BCUT2D eigenvalue weighted by Gasteiger charge is 2.34. The fraction of sp³-hybridized carbons (Fsp3) is 0.667. The van der Waals surface area contributed by atoms with Crippen molar-refractivity contribution in [1.82, 2.24) is 9.88 Å². The SMILES string of the molecule is C[C@H]1CCCN(Cc2cnc(/C=N\S(=O)C(C)(C)C)c(C(F)(F)F)c2)C1. The summed E-state index contributed by atoms with van der Waals surface area (Å²) in [6, 6.07) is 1.13. The molecule has 2 atom stereocenters. The van der Waals surface area contributed by atoms with Gasteiger partial charge in [-0.15, -0.1) is 0 Å². The maximum absolute atomic E-state index is 13.4. The topological polar surface area (TPSA) is 45.6 Å². The second-order valence-electron chi connectivity index (χ2n) is 7.85. The summed E-state index contributed by atoms with van der Waals surface area (Å²) in [7, 11) is -1.63. The van der Waals surface area contributed by atoms with Crippen LogP contribution < -0.4 is 0 Å². The third-order valence-corrected chi connectivity index (χ3v) is 5.57. The van der Waals surface area contributed by atoms with Crippen LogP contribution in [-0.4, -0.2) is 38.1 Å². The number of hydrogen-bond donors (Lipinski definition) is 0. The predicted octanol–water partition coefficient (Wildman–Crippen LogP) is 4.21. The van der Waals surface area contributed by atoms with Crippen molar-refractivity contribution in [2.75, 3.05) is 13.1 Å². The van der Waals surface area contributed by atoms with Crippen molar-refractivity contribution in [3.8, 4) is 0 Å². The molecule has 1 aromatic heterocycles. The number of likely N-dealkylation sites (tertiary alicyclic amines) is 1. The molecular weight excluding hydrogens is 363 g/mol. The lowest BCUT2D eigenvalue weighted by molar-refractivity contribution is -0.138. The molecule has 26 heavy (non-hydrogen) atoms. The van der Waals surface area contributed by atoms with Crippen LogP contribution >= 0.6 is 0 Å². The van der Waals surface area contributed by atoms with Crippen LogP contribution in [0, 0.1) is 5.92 Å². The van der Waals surface area contributed by atoms with E-state index < -0.39 is 27.5 Å². The van der Waals surface area contributed by atoms with Crippen molar-refractivity contribution in [1.29, 1.82) is 0 Å². The number of aromatic nitrogens is 1. The first kappa shape index (κ1) is 21.0. The van der Waals surface area contributed by atoms with Crippen LogP contribution in [0.2, 0.25) is 0 Å². The fourth-order valence-electron chi connectivity index (χ4n) is 2.88. The third kappa shape index (κ3) is 5.87. The van der Waals surface area contributed by atoms with E-state index in [0.717, 1.165) is 38.2 Å². The van der Waals surface area contributed by atoms with E-state index in [9.17, 15) is 17.4 Å². The number of alkyl halides is 3. The summed E-state index contributed by atoms with van der Waals surface area (Å²) in [5.41, 5.74) is -0.610. The Hall–Kier alpha value is -1.28. The van der Waals surface area contributed by atoms with Crippen molar-refractivity contribution in [3.05, 3.63) is 29.1 Å². The van der Waals surface area contributed by atoms with Crippen LogP contribution in [0.4, 0.5) is 13.2 Å². The Bertz CT molecular complexity index is 683. The van der Waals surface area contributed by atoms with Crippen LogP contribution in [0.5, 0.6) is 0 Å². The molecule has 8 heteroatoms. The van der Waals surface area contributed by atoms with Crippen molar-refractivity contribution < 1.29 is 17.4 Å². The highest BCUT2D eigenvalue weighted by molar-refractivity contribution is 7.85. The van der Waals surface area contributed by atoms with Crippen LogP contribution in [0.15, 0.2) is 16.7 Å². The van der Waals surface area contributed by atoms with E-state index in [-0.39, 0.29) is 5.69 Å². The number of nitrogens with zero attached hydrogens (tertiary/aromatic N) is 3. The Morgan fingerprint density at radius 2 is 2.08 bits per heavy atom. The van der Waals surface area contributed by atoms with E-state index in [1.807, 2.05) is 0 Å². The minimum atomic E-state index is -4.54. The fourth-order valence-corrected chi connectivity index (χ4v) is 3.39. The zero-order valence-corrected chi connectivity index (χ0v) is 16.5. The van der Waals surface area contributed by atoms with Crippen LogP contribution in [-0.2, 0) is 23.7 Å². The molecular formula is C18H26F3N3OS. The van der Waals surface area contributed by atoms with Gasteiger partial charge in [0.05, 0.1) is 22.2 Å². The molecule has 1 aliphatic rings. The standard InChI is InChI=1S/C18H26F3N3OS/c1-13-6-5-7-24(11-13)12-14-8-15(18(19,20)21)16(22-9-14)10-23-26(25)17(2,3)4/h8-10,13H,5-7,11-12H2,1-4H3/b23-10-/t13-,26?/m0/s1. The smallest absolute Gasteiger partial charge is 0.299 e. The van der Waals surface area contributed by atoms with Gasteiger partial charge in [-0.3, -0.25) is 9.88 Å². The minimum absolute atomic E-state index is 0.300. The molecule has 1 aliphatic heterocycles. The number of pyridine rings is 1. The highest BCUT2D eigenvalue weighted by Crippen LogP contribution is 2.32. The molecule has 0 aliphatic carbocycles. The molecule has 1 aromatic rings. The Morgan fingerprint density at radius 3 is 2.65 bits per heavy atom. The van der Waals surface area contributed by atoms with Gasteiger partial charge < -0.3 is 0 Å². The first-order valence-electron chi connectivity index (χ1n) is 8.71. The van der Waals surface area contributed by atoms with E-state index in [4.69, 9.17) is 0 Å². The molecule has 2 heterocycles. The van der Waals surface area contributed by atoms with Crippen LogP contribution in [0.3, 0.4) is 0 Å². The van der Waals surface area contributed by atoms with Gasteiger partial charge >= 0.3 is 6.18 Å². The second-order valence-corrected chi connectivity index (χ2v) is 9.79. The normalized spacial score (nSPS) is 21.3. The molecule has 0 spiro atoms. The van der Waals surface area contributed by atoms with Gasteiger partial charge in [0.15, 0.2) is 0 Å². The van der Waals surface area contributed by atoms with Gasteiger partial charge in [-0.1, -0.05) is 6.92 Å². The average molecular weight is 389 g/mol. The van der Waals surface area contributed by atoms with Gasteiger partial charge in [0.2, 0.25) is 0 Å². The van der Waals surface area contributed by atoms with E-state index in [2.05, 4.69) is 21.2 Å². The highest BCUT2D eigenvalue weighted by atomic mass is 32.2. The first-order chi connectivity index (χ1) is 12.0. The van der Waals surface area contributed by atoms with Crippen molar-refractivity contribution in [3.63, 3.8) is 0 Å². The van der Waals surface area contributed by atoms with Crippen LogP contribution in [0.1, 0.15) is 57.4 Å². The first-order valence-corrected chi connectivity index (χ1v) is 9.82. The molecule has 0 N–H and O–H groups in total. The van der Waals surface area contributed by atoms with E-state index >= 15 is 0 Å². The molecule has 0 bridgehead atoms. The molecule has 0 amide bonds. The van der Waals surface area contributed by atoms with Gasteiger partial charge in [-0.2, -0.15) is 17.6 Å². The third-order valence-electron chi connectivity index (χ3n) is 4.22. The predicted molar refractivity (Wildman–Crippen MR) is 98.4 cm³/mol. The molecule has 1 fully saturated rings. The summed E-state index contributed by atoms with van der Waals surface area (Å²) in [5.74, 6) is 0.553. The van der Waals surface area contributed by atoms with E-state index in [1.54, 1.807) is 20.8 Å². The zero-order chi connectivity index (χ0) is 19.5. The quantitative estimate of drug-likeness (QED) is 0.725. The molecule has 1 saturated heterocycles. The Labute approximate surface area is 155 Å². The maximum atomic E-state index is 13.4. The van der Waals surface area contributed by atoms with Gasteiger partial charge in [0.25, 0.3) is 0 Å². The van der Waals surface area contributed by atoms with Gasteiger partial charge in [0, 0.05) is 19.3 Å². The molecule has 1 unspecified atom stereocenters. The number of piperidine rings is 1. The number of hydrogen-bond acceptors (Lipinski definition) is 3. The van der Waals surface area contributed by atoms with Gasteiger partial charge in [0.1, 0.15) is 11.0 Å². The summed E-state index contributed by atoms with van der Waals surface area (Å²) < 4.78 is 55.4. The van der Waals surface area contributed by atoms with Crippen molar-refractivity contribution >= 4 is 17.2 Å². The van der Waals surface area contributed by atoms with Crippen molar-refractivity contribution in [2.45, 2.75) is 58.0 Å². The summed E-state index contributed by atoms with van der Waals surface area (Å²) >= 11 is 0. The molecule has 0 radical (unpaired) electrons. The summed E-state index contributed by atoms with van der Waals surface area (Å²) in [5, 5.41) is 0.